The Hall–Kier alpha value is -2.00. The van der Waals surface area contributed by atoms with Gasteiger partial charge in [-0.3, -0.25) is 5.32 Å². The molecule has 2 aromatic rings. The normalized spacial score (nSPS) is 16.1. The van der Waals surface area contributed by atoms with E-state index in [0.717, 1.165) is 10.9 Å². The van der Waals surface area contributed by atoms with Crippen molar-refractivity contribution < 1.29 is 9.47 Å². The Bertz CT molecular complexity index is 897. The highest BCUT2D eigenvalue weighted by atomic mass is 32.2. The highest BCUT2D eigenvalue weighted by Gasteiger charge is 2.23. The molecule has 8 heteroatoms. The van der Waals surface area contributed by atoms with Crippen LogP contribution in [0.3, 0.4) is 0 Å². The topological polar surface area (TPSA) is 71.9 Å². The van der Waals surface area contributed by atoms with Crippen molar-refractivity contribution >= 4 is 23.6 Å². The smallest absolute Gasteiger partial charge is 0.189 e. The van der Waals surface area contributed by atoms with Gasteiger partial charge in [0.1, 0.15) is 0 Å². The molecule has 1 N–H and O–H groups in total. The molecule has 3 rings (SSSR count). The molecule has 1 atom stereocenters. The number of rotatable bonds is 7. The van der Waals surface area contributed by atoms with Crippen LogP contribution in [0.5, 0.6) is 0 Å². The zero-order valence-corrected chi connectivity index (χ0v) is 17.1. The van der Waals surface area contributed by atoms with Crippen molar-refractivity contribution in [3.05, 3.63) is 46.2 Å². The van der Waals surface area contributed by atoms with E-state index in [-0.39, 0.29) is 12.6 Å². The number of nitrogens with one attached hydrogen (secondary N) is 1. The molecule has 0 saturated heterocycles. The van der Waals surface area contributed by atoms with Crippen molar-refractivity contribution in [1.29, 1.82) is 0 Å². The number of thioether (sulfide) groups is 1. The van der Waals surface area contributed by atoms with Gasteiger partial charge in [-0.2, -0.15) is 0 Å². The van der Waals surface area contributed by atoms with Gasteiger partial charge in [0, 0.05) is 32.3 Å². The minimum Gasteiger partial charge on any atom is -0.355 e. The average molecular weight is 388 g/mol. The van der Waals surface area contributed by atoms with Crippen molar-refractivity contribution in [1.82, 2.24) is 15.3 Å². The first-order valence-electron chi connectivity index (χ1n) is 8.67. The molecule has 0 saturated carbocycles. The molecule has 0 aliphatic carbocycles. The highest BCUT2D eigenvalue weighted by Crippen LogP contribution is 2.27. The van der Waals surface area contributed by atoms with Crippen molar-refractivity contribution in [2.45, 2.75) is 31.6 Å². The van der Waals surface area contributed by atoms with E-state index >= 15 is 0 Å². The SMILES string of the molecule is COC(CNC1N=c2nc(SC)ncc2=CN1c1c(C)cccc1C)OC. The molecule has 0 bridgehead atoms. The average Bonchev–Trinajstić information content (AvgIpc) is 2.68. The third-order valence-electron chi connectivity index (χ3n) is 4.43. The lowest BCUT2D eigenvalue weighted by Gasteiger charge is -2.33. The van der Waals surface area contributed by atoms with Crippen molar-refractivity contribution in [3.63, 3.8) is 0 Å². The number of fused-ring (bicyclic) bond motifs is 1. The predicted molar refractivity (Wildman–Crippen MR) is 107 cm³/mol. The highest BCUT2D eigenvalue weighted by molar-refractivity contribution is 7.98. The molecule has 0 amide bonds. The number of benzene rings is 1. The van der Waals surface area contributed by atoms with Gasteiger partial charge in [-0.1, -0.05) is 30.0 Å². The Labute approximate surface area is 163 Å². The molecule has 1 aromatic carbocycles. The zero-order chi connectivity index (χ0) is 19.4. The number of hydrogen-bond acceptors (Lipinski definition) is 8. The van der Waals surface area contributed by atoms with Crippen LogP contribution in [0.25, 0.3) is 6.20 Å². The summed E-state index contributed by atoms with van der Waals surface area (Å²) in [5, 5.41) is 5.01. The van der Waals surface area contributed by atoms with E-state index in [1.54, 1.807) is 14.2 Å². The number of ether oxygens (including phenoxy) is 2. The molecule has 144 valence electrons. The maximum absolute atomic E-state index is 5.30. The van der Waals surface area contributed by atoms with Crippen LogP contribution in [-0.4, -0.2) is 49.6 Å². The first kappa shape index (κ1) is 19.8. The number of methoxy groups -OCH3 is 2. The molecule has 1 aliphatic heterocycles. The van der Waals surface area contributed by atoms with Gasteiger partial charge in [-0.25, -0.2) is 15.0 Å². The lowest BCUT2D eigenvalue weighted by molar-refractivity contribution is -0.0997. The Morgan fingerprint density at radius 1 is 1.22 bits per heavy atom. The van der Waals surface area contributed by atoms with Crippen LogP contribution in [0.2, 0.25) is 0 Å². The van der Waals surface area contributed by atoms with Crippen molar-refractivity contribution in [2.75, 3.05) is 31.9 Å². The molecule has 0 spiro atoms. The summed E-state index contributed by atoms with van der Waals surface area (Å²) in [5.74, 6) is 0. The molecule has 0 radical (unpaired) electrons. The third-order valence-corrected chi connectivity index (χ3v) is 5.00. The number of nitrogens with zero attached hydrogens (tertiary/aromatic N) is 4. The van der Waals surface area contributed by atoms with E-state index in [1.165, 1.54) is 22.9 Å². The molecule has 1 unspecified atom stereocenters. The van der Waals surface area contributed by atoms with Crippen LogP contribution >= 0.6 is 11.8 Å². The molecular formula is C19H25N5O2S. The zero-order valence-electron chi connectivity index (χ0n) is 16.3. The third kappa shape index (κ3) is 4.30. The summed E-state index contributed by atoms with van der Waals surface area (Å²) in [6.07, 6.45) is 5.15. The van der Waals surface area contributed by atoms with Gasteiger partial charge in [-0.05, 0) is 31.2 Å². The molecular weight excluding hydrogens is 362 g/mol. The maximum atomic E-state index is 5.30. The van der Waals surface area contributed by atoms with Crippen LogP contribution in [-0.2, 0) is 9.47 Å². The lowest BCUT2D eigenvalue weighted by Crippen LogP contribution is -2.52. The van der Waals surface area contributed by atoms with Crippen LogP contribution in [0.1, 0.15) is 11.1 Å². The number of para-hydroxylation sites is 1. The van der Waals surface area contributed by atoms with E-state index in [1.807, 2.05) is 18.7 Å². The van der Waals surface area contributed by atoms with E-state index in [4.69, 9.17) is 14.5 Å². The summed E-state index contributed by atoms with van der Waals surface area (Å²) >= 11 is 1.50. The minimum absolute atomic E-state index is 0.324. The maximum Gasteiger partial charge on any atom is 0.189 e. The second-order valence-corrected chi connectivity index (χ2v) is 7.00. The van der Waals surface area contributed by atoms with Crippen LogP contribution < -0.4 is 20.9 Å². The van der Waals surface area contributed by atoms with Gasteiger partial charge in [0.25, 0.3) is 0 Å². The van der Waals surface area contributed by atoms with Gasteiger partial charge in [0.2, 0.25) is 0 Å². The van der Waals surface area contributed by atoms with E-state index in [2.05, 4.69) is 52.2 Å². The van der Waals surface area contributed by atoms with Crippen molar-refractivity contribution in [2.24, 2.45) is 4.99 Å². The Balaban J connectivity index is 2.05. The molecule has 1 aliphatic rings. The summed E-state index contributed by atoms with van der Waals surface area (Å²) in [4.78, 5) is 15.9. The van der Waals surface area contributed by atoms with Gasteiger partial charge >= 0.3 is 0 Å². The number of hydrogen-bond donors (Lipinski definition) is 1. The molecule has 0 fully saturated rings. The second-order valence-electron chi connectivity index (χ2n) is 6.22. The fourth-order valence-electron chi connectivity index (χ4n) is 3.07. The quantitative estimate of drug-likeness (QED) is 0.435. The van der Waals surface area contributed by atoms with Gasteiger partial charge in [-0.15, -0.1) is 0 Å². The first-order valence-corrected chi connectivity index (χ1v) is 9.90. The monoisotopic (exact) mass is 387 g/mol. The van der Waals surface area contributed by atoms with Crippen LogP contribution in [0.4, 0.5) is 5.69 Å². The summed E-state index contributed by atoms with van der Waals surface area (Å²) in [6, 6.07) is 6.26. The van der Waals surface area contributed by atoms with Crippen LogP contribution in [0.15, 0.2) is 34.5 Å². The minimum atomic E-state index is -0.353. The van der Waals surface area contributed by atoms with Gasteiger partial charge in [0.15, 0.2) is 23.2 Å². The fourth-order valence-corrected chi connectivity index (χ4v) is 3.40. The summed E-state index contributed by atoms with van der Waals surface area (Å²) in [5.41, 5.74) is 4.15. The van der Waals surface area contributed by atoms with E-state index < -0.39 is 0 Å². The lowest BCUT2D eigenvalue weighted by atomic mass is 10.1. The Morgan fingerprint density at radius 2 is 1.93 bits per heavy atom. The summed E-state index contributed by atoms with van der Waals surface area (Å²) in [6.45, 7) is 4.69. The van der Waals surface area contributed by atoms with Crippen molar-refractivity contribution in [3.8, 4) is 0 Å². The Morgan fingerprint density at radius 3 is 2.56 bits per heavy atom. The fraction of sp³-hybridized carbons (Fsp3) is 0.421. The van der Waals surface area contributed by atoms with Crippen LogP contribution in [0, 0.1) is 13.8 Å². The van der Waals surface area contributed by atoms with E-state index in [0.29, 0.717) is 17.2 Å². The number of aromatic nitrogens is 2. The summed E-state index contributed by atoms with van der Waals surface area (Å²) < 4.78 is 10.6. The molecule has 1 aromatic heterocycles. The number of anilines is 1. The van der Waals surface area contributed by atoms with Gasteiger partial charge in [0.05, 0.1) is 11.8 Å². The number of aryl methyl sites for hydroxylation is 2. The first-order chi connectivity index (χ1) is 13.1. The second kappa shape index (κ2) is 8.79. The largest absolute Gasteiger partial charge is 0.355 e. The standard InChI is InChI=1S/C19H25N5O2S/c1-12-7-6-8-13(2)16(12)24-11-14-9-21-19(27-5)23-17(14)22-18(24)20-10-15(25-3)26-4/h6-9,11,15,18,20H,10H2,1-5H3. The molecule has 2 heterocycles. The Kier molecular flexibility index (Phi) is 6.43. The predicted octanol–water partition coefficient (Wildman–Crippen LogP) is 1.19. The van der Waals surface area contributed by atoms with Gasteiger partial charge < -0.3 is 14.4 Å². The molecule has 7 nitrogen and oxygen atoms in total. The molecule has 27 heavy (non-hydrogen) atoms. The summed E-state index contributed by atoms with van der Waals surface area (Å²) in [7, 11) is 3.24. The van der Waals surface area contributed by atoms with E-state index in [9.17, 15) is 0 Å².